The molecular formula is C34H63NO15. The van der Waals surface area contributed by atoms with Crippen LogP contribution in [0.4, 0.5) is 0 Å². The van der Waals surface area contributed by atoms with Crippen LogP contribution in [0.2, 0.25) is 0 Å². The van der Waals surface area contributed by atoms with Gasteiger partial charge in [-0.05, 0) is 12.3 Å². The Morgan fingerprint density at radius 3 is 1.16 bits per heavy atom. The lowest BCUT2D eigenvalue weighted by Gasteiger charge is -2.20. The first kappa shape index (κ1) is 47.7. The fourth-order valence-corrected chi connectivity index (χ4v) is 3.71. The molecule has 0 bridgehead atoms. The lowest BCUT2D eigenvalue weighted by Crippen LogP contribution is -2.46. The Hall–Kier alpha value is -2.28. The Morgan fingerprint density at radius 2 is 0.840 bits per heavy atom. The van der Waals surface area contributed by atoms with Gasteiger partial charge in [0.1, 0.15) is 12.6 Å². The van der Waals surface area contributed by atoms with Gasteiger partial charge in [0.25, 0.3) is 0 Å². The Balaban J connectivity index is 3.45. The van der Waals surface area contributed by atoms with E-state index in [2.05, 4.69) is 5.32 Å². The standard InChI is InChI=1S/C34H63NO15/c1-28(2)5-6-31(36)35-30(34(40)29(3)4)27-50-33(39)8-10-42-12-14-44-16-18-46-20-22-48-24-26-49-25-23-47-21-19-45-17-15-43-13-11-41-9-7-32(37)38/h28-30H,5-27H2,1-4H3,(H,35,36)(H,37,38)/t30-/m0/s1. The Kier molecular flexibility index (Phi) is 33.5. The molecule has 0 fully saturated rings. The summed E-state index contributed by atoms with van der Waals surface area (Å²) < 4.78 is 53.6. The molecule has 0 rings (SSSR count). The van der Waals surface area contributed by atoms with Crippen LogP contribution < -0.4 is 5.32 Å². The van der Waals surface area contributed by atoms with E-state index in [0.717, 1.165) is 0 Å². The maximum absolute atomic E-state index is 12.4. The first-order chi connectivity index (χ1) is 24.1. The summed E-state index contributed by atoms with van der Waals surface area (Å²) in [6.45, 7) is 14.3. The van der Waals surface area contributed by atoms with Gasteiger partial charge in [0, 0.05) is 12.3 Å². The Labute approximate surface area is 297 Å². The predicted molar refractivity (Wildman–Crippen MR) is 181 cm³/mol. The lowest BCUT2D eigenvalue weighted by molar-refractivity contribution is -0.147. The van der Waals surface area contributed by atoms with Crippen molar-refractivity contribution in [2.45, 2.75) is 59.4 Å². The number of aliphatic carboxylic acids is 1. The van der Waals surface area contributed by atoms with Crippen molar-refractivity contribution in [1.82, 2.24) is 5.32 Å². The molecule has 0 aromatic heterocycles. The third-order valence-electron chi connectivity index (χ3n) is 6.49. The minimum atomic E-state index is -0.884. The molecule has 0 aliphatic carbocycles. The van der Waals surface area contributed by atoms with Crippen LogP contribution in [0.15, 0.2) is 0 Å². The fraction of sp³-hybridized carbons (Fsp3) is 0.882. The van der Waals surface area contributed by atoms with Crippen molar-refractivity contribution in [3.05, 3.63) is 0 Å². The summed E-state index contributed by atoms with van der Waals surface area (Å²) >= 11 is 0. The van der Waals surface area contributed by atoms with E-state index in [1.807, 2.05) is 13.8 Å². The number of carboxylic acid groups (broad SMARTS) is 1. The average molecular weight is 726 g/mol. The van der Waals surface area contributed by atoms with Crippen LogP contribution in [0.1, 0.15) is 53.4 Å². The molecule has 0 aromatic rings. The molecule has 0 aliphatic rings. The number of ether oxygens (including phenoxy) is 10. The number of ketones is 1. The van der Waals surface area contributed by atoms with Gasteiger partial charge in [0.2, 0.25) is 5.91 Å². The van der Waals surface area contributed by atoms with Gasteiger partial charge in [0.15, 0.2) is 5.78 Å². The summed E-state index contributed by atoms with van der Waals surface area (Å²) in [6.07, 6.45) is 1.04. The van der Waals surface area contributed by atoms with Gasteiger partial charge < -0.3 is 57.8 Å². The SMILES string of the molecule is CC(C)CCC(=O)N[C@@H](COC(=O)CCOCCOCCOCCOCCOCCOCCOCCOCCOCCC(=O)O)C(=O)C(C)C. The summed E-state index contributed by atoms with van der Waals surface area (Å²) in [7, 11) is 0. The van der Waals surface area contributed by atoms with E-state index in [0.29, 0.717) is 124 Å². The summed E-state index contributed by atoms with van der Waals surface area (Å²) in [4.78, 5) is 47.0. The maximum Gasteiger partial charge on any atom is 0.308 e. The number of hydrogen-bond acceptors (Lipinski definition) is 14. The van der Waals surface area contributed by atoms with Gasteiger partial charge in [-0.3, -0.25) is 19.2 Å². The van der Waals surface area contributed by atoms with Gasteiger partial charge >= 0.3 is 11.9 Å². The minimum Gasteiger partial charge on any atom is -0.481 e. The number of rotatable bonds is 38. The van der Waals surface area contributed by atoms with Crippen LogP contribution in [0.3, 0.4) is 0 Å². The molecule has 0 saturated carbocycles. The van der Waals surface area contributed by atoms with Crippen molar-refractivity contribution in [2.75, 3.05) is 126 Å². The summed E-state index contributed by atoms with van der Waals surface area (Å²) in [5, 5.41) is 11.2. The average Bonchev–Trinajstić information content (AvgIpc) is 3.07. The molecule has 50 heavy (non-hydrogen) atoms. The number of carboxylic acids is 1. The van der Waals surface area contributed by atoms with E-state index in [1.165, 1.54) is 0 Å². The number of amides is 1. The van der Waals surface area contributed by atoms with E-state index in [1.54, 1.807) is 13.8 Å². The topological polar surface area (TPSA) is 193 Å². The maximum atomic E-state index is 12.4. The van der Waals surface area contributed by atoms with Crippen molar-refractivity contribution in [3.8, 4) is 0 Å². The number of nitrogens with one attached hydrogen (secondary N) is 1. The van der Waals surface area contributed by atoms with E-state index in [9.17, 15) is 19.2 Å². The molecule has 0 unspecified atom stereocenters. The largest absolute Gasteiger partial charge is 0.481 e. The van der Waals surface area contributed by atoms with Crippen molar-refractivity contribution >= 4 is 23.6 Å². The van der Waals surface area contributed by atoms with Gasteiger partial charge in [-0.15, -0.1) is 0 Å². The second-order valence-electron chi connectivity index (χ2n) is 11.7. The van der Waals surface area contributed by atoms with E-state index >= 15 is 0 Å². The molecule has 0 radical (unpaired) electrons. The van der Waals surface area contributed by atoms with Gasteiger partial charge in [-0.25, -0.2) is 0 Å². The van der Waals surface area contributed by atoms with Crippen molar-refractivity contribution in [3.63, 3.8) is 0 Å². The van der Waals surface area contributed by atoms with Crippen LogP contribution in [0.25, 0.3) is 0 Å². The first-order valence-corrected chi connectivity index (χ1v) is 17.5. The van der Waals surface area contributed by atoms with E-state index in [4.69, 9.17) is 52.5 Å². The van der Waals surface area contributed by atoms with Crippen LogP contribution in [0, 0.1) is 11.8 Å². The first-order valence-electron chi connectivity index (χ1n) is 17.5. The highest BCUT2D eigenvalue weighted by molar-refractivity contribution is 5.90. The molecule has 1 amide bonds. The molecule has 16 heteroatoms. The van der Waals surface area contributed by atoms with Crippen molar-refractivity contribution in [2.24, 2.45) is 11.8 Å². The number of esters is 1. The quantitative estimate of drug-likeness (QED) is 0.0690. The lowest BCUT2D eigenvalue weighted by atomic mass is 10.0. The number of Topliss-reactive ketones (excluding diaryl/α,β-unsaturated/α-hetero) is 1. The summed E-state index contributed by atoms with van der Waals surface area (Å²) in [5.74, 6) is -1.73. The van der Waals surface area contributed by atoms with Crippen LogP contribution in [-0.4, -0.2) is 160 Å². The van der Waals surface area contributed by atoms with Crippen molar-refractivity contribution < 1.29 is 71.7 Å². The second-order valence-corrected chi connectivity index (χ2v) is 11.7. The van der Waals surface area contributed by atoms with E-state index in [-0.39, 0.29) is 50.3 Å². The molecule has 0 saturated heterocycles. The zero-order valence-corrected chi connectivity index (χ0v) is 30.7. The van der Waals surface area contributed by atoms with Gasteiger partial charge in [-0.2, -0.15) is 0 Å². The zero-order chi connectivity index (χ0) is 37.1. The van der Waals surface area contributed by atoms with Crippen molar-refractivity contribution in [1.29, 1.82) is 0 Å². The predicted octanol–water partition coefficient (Wildman–Crippen LogP) is 1.69. The zero-order valence-electron chi connectivity index (χ0n) is 30.7. The Bertz CT molecular complexity index is 843. The van der Waals surface area contributed by atoms with Crippen LogP contribution >= 0.6 is 0 Å². The fourth-order valence-electron chi connectivity index (χ4n) is 3.71. The van der Waals surface area contributed by atoms with Crippen LogP contribution in [0.5, 0.6) is 0 Å². The molecule has 2 N–H and O–H groups in total. The molecule has 0 heterocycles. The molecule has 0 spiro atoms. The molecule has 16 nitrogen and oxygen atoms in total. The third kappa shape index (κ3) is 34.2. The Morgan fingerprint density at radius 1 is 0.500 bits per heavy atom. The number of carbonyl (C=O) groups excluding carboxylic acids is 3. The number of hydrogen-bond donors (Lipinski definition) is 2. The molecule has 294 valence electrons. The van der Waals surface area contributed by atoms with Gasteiger partial charge in [-0.1, -0.05) is 27.7 Å². The van der Waals surface area contributed by atoms with Gasteiger partial charge in [0.05, 0.1) is 132 Å². The summed E-state index contributed by atoms with van der Waals surface area (Å²) in [5.41, 5.74) is 0. The minimum absolute atomic E-state index is 0.0138. The monoisotopic (exact) mass is 725 g/mol. The van der Waals surface area contributed by atoms with E-state index < -0.39 is 18.0 Å². The second kappa shape index (κ2) is 35.1. The highest BCUT2D eigenvalue weighted by Crippen LogP contribution is 2.06. The highest BCUT2D eigenvalue weighted by atomic mass is 16.6. The molecule has 1 atom stereocenters. The van der Waals surface area contributed by atoms with Crippen LogP contribution in [-0.2, 0) is 66.5 Å². The normalized spacial score (nSPS) is 12.0. The highest BCUT2D eigenvalue weighted by Gasteiger charge is 2.24. The molecular weight excluding hydrogens is 662 g/mol. The smallest absolute Gasteiger partial charge is 0.308 e. The number of carbonyl (C=O) groups is 4. The third-order valence-corrected chi connectivity index (χ3v) is 6.49. The molecule has 0 aromatic carbocycles. The molecule has 0 aliphatic heterocycles. The summed E-state index contributed by atoms with van der Waals surface area (Å²) in [6, 6.07) is -0.859.